The topological polar surface area (TPSA) is 93.7 Å². The van der Waals surface area contributed by atoms with Gasteiger partial charge in [-0.2, -0.15) is 0 Å². The average Bonchev–Trinajstić information content (AvgIpc) is 3.56. The zero-order chi connectivity index (χ0) is 22.1. The van der Waals surface area contributed by atoms with Crippen molar-refractivity contribution in [3.05, 3.63) is 82.4 Å². The predicted octanol–water partition coefficient (Wildman–Crippen LogP) is 4.40. The number of para-hydroxylation sites is 1. The van der Waals surface area contributed by atoms with Crippen molar-refractivity contribution < 1.29 is 14.1 Å². The van der Waals surface area contributed by atoms with Gasteiger partial charge >= 0.3 is 0 Å². The maximum atomic E-state index is 11.5. The second kappa shape index (κ2) is 8.68. The first-order valence-corrected chi connectivity index (χ1v) is 11.0. The average molecular weight is 451 g/mol. The first kappa shape index (κ1) is 20.6. The number of nitro benzene ring substituents is 1. The summed E-state index contributed by atoms with van der Waals surface area (Å²) in [4.78, 5) is 17.7. The second-order valence-corrected chi connectivity index (χ2v) is 8.28. The van der Waals surface area contributed by atoms with E-state index < -0.39 is 4.92 Å². The van der Waals surface area contributed by atoms with Crippen molar-refractivity contribution in [1.29, 1.82) is 0 Å². The molecule has 8 nitrogen and oxygen atoms in total. The second-order valence-electron chi connectivity index (χ2n) is 7.89. The highest BCUT2D eigenvalue weighted by molar-refractivity contribution is 7.80. The fourth-order valence-corrected chi connectivity index (χ4v) is 4.73. The molecule has 1 aromatic carbocycles. The number of thiocarbonyl (C=S) groups is 1. The maximum absolute atomic E-state index is 11.5. The number of ether oxygens (including phenoxy) is 1. The molecule has 0 saturated carbocycles. The van der Waals surface area contributed by atoms with Crippen molar-refractivity contribution in [1.82, 2.24) is 15.2 Å². The van der Waals surface area contributed by atoms with Gasteiger partial charge in [0.05, 0.1) is 28.3 Å². The van der Waals surface area contributed by atoms with E-state index in [1.165, 1.54) is 6.07 Å². The number of hydrogen-bond donors (Lipinski definition) is 1. The lowest BCUT2D eigenvalue weighted by Gasteiger charge is -2.28. The molecule has 0 spiro atoms. The van der Waals surface area contributed by atoms with Crippen LogP contribution in [0.3, 0.4) is 0 Å². The van der Waals surface area contributed by atoms with E-state index in [1.807, 2.05) is 24.3 Å². The summed E-state index contributed by atoms with van der Waals surface area (Å²) in [7, 11) is 0. The van der Waals surface area contributed by atoms with E-state index in [2.05, 4.69) is 15.2 Å². The number of benzene rings is 1. The van der Waals surface area contributed by atoms with Crippen LogP contribution >= 0.6 is 12.2 Å². The van der Waals surface area contributed by atoms with Crippen molar-refractivity contribution >= 4 is 23.0 Å². The Morgan fingerprint density at radius 2 is 2.03 bits per heavy atom. The number of nitrogens with one attached hydrogen (secondary N) is 1. The Bertz CT molecular complexity index is 1130. The number of pyridine rings is 1. The minimum absolute atomic E-state index is 0.00551. The Labute approximate surface area is 190 Å². The van der Waals surface area contributed by atoms with E-state index in [0.717, 1.165) is 25.1 Å². The lowest BCUT2D eigenvalue weighted by molar-refractivity contribution is -0.384. The number of aromatic nitrogens is 1. The van der Waals surface area contributed by atoms with Crippen LogP contribution < -0.4 is 5.32 Å². The molecule has 32 heavy (non-hydrogen) atoms. The summed E-state index contributed by atoms with van der Waals surface area (Å²) in [6.45, 7) is 1.40. The maximum Gasteiger partial charge on any atom is 0.280 e. The number of nitro groups is 1. The van der Waals surface area contributed by atoms with Crippen LogP contribution in [0.4, 0.5) is 5.69 Å². The molecule has 0 radical (unpaired) electrons. The van der Waals surface area contributed by atoms with Crippen molar-refractivity contribution in [3.63, 3.8) is 0 Å². The molecule has 164 valence electrons. The molecular formula is C23H22N4O4S. The Hall–Kier alpha value is -3.30. The summed E-state index contributed by atoms with van der Waals surface area (Å²) < 4.78 is 12.1. The fraction of sp³-hybridized carbons (Fsp3) is 0.304. The highest BCUT2D eigenvalue weighted by atomic mass is 32.1. The molecule has 2 aliphatic heterocycles. The van der Waals surface area contributed by atoms with Gasteiger partial charge in [0.25, 0.3) is 5.69 Å². The molecule has 3 atom stereocenters. The lowest BCUT2D eigenvalue weighted by atomic mass is 10.0. The van der Waals surface area contributed by atoms with Crippen molar-refractivity contribution in [3.8, 4) is 11.3 Å². The van der Waals surface area contributed by atoms with Crippen LogP contribution in [0.1, 0.15) is 36.4 Å². The molecule has 3 aromatic rings. The first-order chi connectivity index (χ1) is 15.6. The summed E-state index contributed by atoms with van der Waals surface area (Å²) in [6.07, 6.45) is 3.88. The monoisotopic (exact) mass is 450 g/mol. The van der Waals surface area contributed by atoms with E-state index in [9.17, 15) is 10.1 Å². The molecular weight excluding hydrogens is 428 g/mol. The van der Waals surface area contributed by atoms with Crippen molar-refractivity contribution in [2.75, 3.05) is 13.2 Å². The third-order valence-corrected chi connectivity index (χ3v) is 6.26. The van der Waals surface area contributed by atoms with Crippen molar-refractivity contribution in [2.24, 2.45) is 0 Å². The number of rotatable bonds is 6. The van der Waals surface area contributed by atoms with Gasteiger partial charge in [0, 0.05) is 25.4 Å². The quantitative estimate of drug-likeness (QED) is 0.336. The van der Waals surface area contributed by atoms with Crippen LogP contribution in [0.2, 0.25) is 0 Å². The Balaban J connectivity index is 1.53. The Kier molecular flexibility index (Phi) is 5.59. The zero-order valence-electron chi connectivity index (χ0n) is 17.2. The fourth-order valence-electron chi connectivity index (χ4n) is 4.42. The van der Waals surface area contributed by atoms with Crippen LogP contribution in [-0.2, 0) is 4.74 Å². The molecule has 0 aliphatic carbocycles. The standard InChI is InChI=1S/C23H22N4O4S/c28-27(29)18-9-2-1-7-16(18)19-10-11-20(31-19)22-21(17-8-3-4-12-24-17)25-23(32)26(22)14-15-6-5-13-30-15/h1-4,7-12,15,21-22H,5-6,13-14H2,(H,25,32)/t15-,21+,22+/m0/s1. The normalized spacial score (nSPS) is 22.8. The van der Waals surface area contributed by atoms with Gasteiger partial charge in [0.2, 0.25) is 0 Å². The van der Waals surface area contributed by atoms with Gasteiger partial charge in [-0.1, -0.05) is 18.2 Å². The van der Waals surface area contributed by atoms with E-state index in [0.29, 0.717) is 28.7 Å². The molecule has 4 heterocycles. The predicted molar refractivity (Wildman–Crippen MR) is 122 cm³/mol. The summed E-state index contributed by atoms with van der Waals surface area (Å²) in [5.74, 6) is 1.11. The molecule has 2 aromatic heterocycles. The van der Waals surface area contributed by atoms with E-state index in [4.69, 9.17) is 21.4 Å². The van der Waals surface area contributed by atoms with E-state index in [1.54, 1.807) is 30.5 Å². The molecule has 2 fully saturated rings. The summed E-state index contributed by atoms with van der Waals surface area (Å²) in [5.41, 5.74) is 1.29. The van der Waals surface area contributed by atoms with Gasteiger partial charge in [-0.05, 0) is 55.4 Å². The molecule has 9 heteroatoms. The molecule has 0 bridgehead atoms. The summed E-state index contributed by atoms with van der Waals surface area (Å²) in [6, 6.07) is 15.5. The smallest absolute Gasteiger partial charge is 0.280 e. The van der Waals surface area contributed by atoms with Gasteiger partial charge in [-0.25, -0.2) is 0 Å². The Morgan fingerprint density at radius 1 is 1.19 bits per heavy atom. The van der Waals surface area contributed by atoms with Crippen LogP contribution in [-0.4, -0.2) is 39.2 Å². The third-order valence-electron chi connectivity index (χ3n) is 5.91. The summed E-state index contributed by atoms with van der Waals surface area (Å²) >= 11 is 5.68. The molecule has 2 aliphatic rings. The number of furan rings is 1. The molecule has 1 N–H and O–H groups in total. The minimum Gasteiger partial charge on any atom is -0.459 e. The molecule has 0 unspecified atom stereocenters. The SMILES string of the molecule is O=[N+]([O-])c1ccccc1-c1ccc([C@@H]2[C@@H](c3ccccn3)NC(=S)N2C[C@@H]2CCCO2)o1. The van der Waals surface area contributed by atoms with E-state index in [-0.39, 0.29) is 23.9 Å². The van der Waals surface area contributed by atoms with Crippen LogP contribution in [0, 0.1) is 10.1 Å². The van der Waals surface area contributed by atoms with Gasteiger partial charge in [-0.3, -0.25) is 15.1 Å². The summed E-state index contributed by atoms with van der Waals surface area (Å²) in [5, 5.41) is 15.5. The molecule has 2 saturated heterocycles. The highest BCUT2D eigenvalue weighted by Crippen LogP contribution is 2.42. The Morgan fingerprint density at radius 3 is 2.78 bits per heavy atom. The largest absolute Gasteiger partial charge is 0.459 e. The van der Waals surface area contributed by atoms with E-state index >= 15 is 0 Å². The molecule has 5 rings (SSSR count). The lowest BCUT2D eigenvalue weighted by Crippen LogP contribution is -2.36. The minimum atomic E-state index is -0.399. The highest BCUT2D eigenvalue weighted by Gasteiger charge is 2.43. The van der Waals surface area contributed by atoms with Gasteiger partial charge < -0.3 is 19.4 Å². The van der Waals surface area contributed by atoms with Crippen LogP contribution in [0.5, 0.6) is 0 Å². The van der Waals surface area contributed by atoms with Gasteiger partial charge in [0.15, 0.2) is 5.11 Å². The first-order valence-electron chi connectivity index (χ1n) is 10.5. The van der Waals surface area contributed by atoms with Crippen LogP contribution in [0.15, 0.2) is 65.2 Å². The zero-order valence-corrected chi connectivity index (χ0v) is 18.0. The van der Waals surface area contributed by atoms with Crippen molar-refractivity contribution in [2.45, 2.75) is 31.0 Å². The van der Waals surface area contributed by atoms with Crippen LogP contribution in [0.25, 0.3) is 11.3 Å². The third kappa shape index (κ3) is 3.85. The number of hydrogen-bond acceptors (Lipinski definition) is 6. The number of nitrogens with zero attached hydrogens (tertiary/aromatic N) is 3. The molecule has 0 amide bonds. The van der Waals surface area contributed by atoms with Gasteiger partial charge in [-0.15, -0.1) is 0 Å². The van der Waals surface area contributed by atoms with Gasteiger partial charge in [0.1, 0.15) is 17.6 Å².